The first kappa shape index (κ1) is 14.0. The highest BCUT2D eigenvalue weighted by atomic mass is 32.1. The Morgan fingerprint density at radius 2 is 2.28 bits per heavy atom. The van der Waals surface area contributed by atoms with Gasteiger partial charge in [-0.2, -0.15) is 0 Å². The van der Waals surface area contributed by atoms with Gasteiger partial charge in [0.25, 0.3) is 0 Å². The predicted molar refractivity (Wildman–Crippen MR) is 75.0 cm³/mol. The Hall–Kier alpha value is -0.420. The molecule has 0 saturated heterocycles. The molecular formula is C14H23NO2S. The molecule has 1 aromatic rings. The van der Waals surface area contributed by atoms with Crippen molar-refractivity contribution in [1.82, 2.24) is 4.90 Å². The monoisotopic (exact) mass is 269 g/mol. The molecule has 2 heterocycles. The average molecular weight is 269 g/mol. The van der Waals surface area contributed by atoms with E-state index < -0.39 is 6.10 Å². The number of aliphatic hydroxyl groups is 1. The Balaban J connectivity index is 1.77. The van der Waals surface area contributed by atoms with E-state index in [1.807, 2.05) is 32.1 Å². The quantitative estimate of drug-likeness (QED) is 0.910. The van der Waals surface area contributed by atoms with Crippen LogP contribution >= 0.6 is 11.3 Å². The third kappa shape index (κ3) is 4.05. The third-order valence-corrected chi connectivity index (χ3v) is 4.09. The number of rotatable bonds is 4. The molecule has 0 fully saturated rings. The van der Waals surface area contributed by atoms with Crippen LogP contribution in [-0.4, -0.2) is 41.4 Å². The topological polar surface area (TPSA) is 32.7 Å². The van der Waals surface area contributed by atoms with Gasteiger partial charge in [0.1, 0.15) is 0 Å². The van der Waals surface area contributed by atoms with Crippen molar-refractivity contribution in [1.29, 1.82) is 0 Å². The van der Waals surface area contributed by atoms with Gasteiger partial charge in [0.05, 0.1) is 18.3 Å². The fraction of sp³-hybridized carbons (Fsp3) is 0.714. The van der Waals surface area contributed by atoms with Gasteiger partial charge < -0.3 is 9.84 Å². The number of fused-ring (bicyclic) bond motifs is 1. The summed E-state index contributed by atoms with van der Waals surface area (Å²) in [4.78, 5) is 3.82. The largest absolute Gasteiger partial charge is 0.389 e. The van der Waals surface area contributed by atoms with Crippen molar-refractivity contribution in [3.05, 3.63) is 21.9 Å². The summed E-state index contributed by atoms with van der Waals surface area (Å²) in [5.74, 6) is 0. The minimum absolute atomic E-state index is 0.177. The number of hydrogen-bond donors (Lipinski definition) is 1. The molecular weight excluding hydrogens is 246 g/mol. The van der Waals surface area contributed by atoms with E-state index >= 15 is 0 Å². The van der Waals surface area contributed by atoms with E-state index in [0.717, 1.165) is 19.5 Å². The summed E-state index contributed by atoms with van der Waals surface area (Å²) in [5, 5.41) is 12.2. The highest BCUT2D eigenvalue weighted by Gasteiger charge is 2.20. The van der Waals surface area contributed by atoms with Gasteiger partial charge in [0.15, 0.2) is 0 Å². The maximum absolute atomic E-state index is 10.00. The Bertz CT molecular complexity index is 383. The number of β-amino-alcohol motifs (C(OH)–C–C–N with tert-alkyl or cyclic N) is 1. The lowest BCUT2D eigenvalue weighted by Crippen LogP contribution is -2.39. The van der Waals surface area contributed by atoms with Gasteiger partial charge in [0.2, 0.25) is 0 Å². The molecule has 102 valence electrons. The summed E-state index contributed by atoms with van der Waals surface area (Å²) in [5.41, 5.74) is 1.25. The second kappa shape index (κ2) is 5.70. The average Bonchev–Trinajstić information content (AvgIpc) is 2.72. The van der Waals surface area contributed by atoms with Crippen molar-refractivity contribution in [3.63, 3.8) is 0 Å². The van der Waals surface area contributed by atoms with E-state index in [-0.39, 0.29) is 5.60 Å². The summed E-state index contributed by atoms with van der Waals surface area (Å²) in [6.45, 7) is 9.15. The van der Waals surface area contributed by atoms with Crippen LogP contribution in [0.15, 0.2) is 11.4 Å². The molecule has 2 rings (SSSR count). The van der Waals surface area contributed by atoms with Gasteiger partial charge in [-0.1, -0.05) is 0 Å². The van der Waals surface area contributed by atoms with Crippen LogP contribution in [0.1, 0.15) is 31.2 Å². The van der Waals surface area contributed by atoms with Crippen LogP contribution in [0.25, 0.3) is 0 Å². The fourth-order valence-corrected chi connectivity index (χ4v) is 3.05. The van der Waals surface area contributed by atoms with E-state index in [1.54, 1.807) is 0 Å². The van der Waals surface area contributed by atoms with Crippen molar-refractivity contribution in [3.8, 4) is 0 Å². The van der Waals surface area contributed by atoms with Crippen molar-refractivity contribution in [2.24, 2.45) is 0 Å². The molecule has 1 atom stereocenters. The van der Waals surface area contributed by atoms with E-state index in [2.05, 4.69) is 16.3 Å². The normalized spacial score (nSPS) is 18.7. The zero-order valence-corrected chi connectivity index (χ0v) is 12.3. The number of thiophene rings is 1. The summed E-state index contributed by atoms with van der Waals surface area (Å²) in [6, 6.07) is 2.20. The van der Waals surface area contributed by atoms with Gasteiger partial charge >= 0.3 is 0 Å². The highest BCUT2D eigenvalue weighted by molar-refractivity contribution is 7.10. The highest BCUT2D eigenvalue weighted by Crippen LogP contribution is 2.24. The van der Waals surface area contributed by atoms with Crippen molar-refractivity contribution >= 4 is 11.3 Å². The molecule has 1 aromatic heterocycles. The van der Waals surface area contributed by atoms with Gasteiger partial charge in [-0.15, -0.1) is 11.3 Å². The van der Waals surface area contributed by atoms with Crippen LogP contribution in [-0.2, 0) is 17.7 Å². The fourth-order valence-electron chi connectivity index (χ4n) is 2.16. The summed E-state index contributed by atoms with van der Waals surface area (Å²) >= 11 is 1.85. The lowest BCUT2D eigenvalue weighted by molar-refractivity contribution is -0.0569. The number of nitrogens with zero attached hydrogens (tertiary/aromatic N) is 1. The van der Waals surface area contributed by atoms with Crippen molar-refractivity contribution < 1.29 is 9.84 Å². The molecule has 18 heavy (non-hydrogen) atoms. The molecule has 0 saturated carbocycles. The smallest absolute Gasteiger partial charge is 0.0900 e. The number of aliphatic hydroxyl groups excluding tert-OH is 1. The van der Waals surface area contributed by atoms with Crippen LogP contribution in [0.2, 0.25) is 0 Å². The minimum atomic E-state index is -0.399. The Kier molecular flexibility index (Phi) is 4.43. The summed E-state index contributed by atoms with van der Waals surface area (Å²) in [7, 11) is 0. The Morgan fingerprint density at radius 1 is 1.50 bits per heavy atom. The number of hydrogen-bond acceptors (Lipinski definition) is 4. The zero-order valence-electron chi connectivity index (χ0n) is 11.5. The predicted octanol–water partition coefficient (Wildman–Crippen LogP) is 2.28. The standard InChI is InChI=1S/C14H23NO2S/c1-14(2,3)17-10-12(16)9-15-6-4-13-11(8-15)5-7-18-13/h5,7,12,16H,4,6,8-10H2,1-3H3. The molecule has 4 heteroatoms. The SMILES string of the molecule is CC(C)(C)OCC(O)CN1CCc2sccc2C1. The van der Waals surface area contributed by atoms with E-state index in [9.17, 15) is 5.11 Å². The van der Waals surface area contributed by atoms with E-state index in [0.29, 0.717) is 13.2 Å². The lowest BCUT2D eigenvalue weighted by atomic mass is 10.1. The molecule has 3 nitrogen and oxygen atoms in total. The second-order valence-electron chi connectivity index (χ2n) is 5.93. The molecule has 1 N–H and O–H groups in total. The molecule has 0 amide bonds. The molecule has 0 spiro atoms. The summed E-state index contributed by atoms with van der Waals surface area (Å²) < 4.78 is 5.61. The van der Waals surface area contributed by atoms with Crippen LogP contribution < -0.4 is 0 Å². The maximum Gasteiger partial charge on any atom is 0.0900 e. The second-order valence-corrected chi connectivity index (χ2v) is 6.93. The molecule has 1 aliphatic rings. The minimum Gasteiger partial charge on any atom is -0.389 e. The maximum atomic E-state index is 10.00. The van der Waals surface area contributed by atoms with E-state index in [1.165, 1.54) is 10.4 Å². The molecule has 0 aromatic carbocycles. The van der Waals surface area contributed by atoms with Crippen LogP contribution in [0.4, 0.5) is 0 Å². The van der Waals surface area contributed by atoms with Crippen molar-refractivity contribution in [2.75, 3.05) is 19.7 Å². The third-order valence-electron chi connectivity index (χ3n) is 3.06. The van der Waals surface area contributed by atoms with Crippen LogP contribution in [0.3, 0.4) is 0 Å². The summed E-state index contributed by atoms with van der Waals surface area (Å²) in [6.07, 6.45) is 0.712. The first-order valence-electron chi connectivity index (χ1n) is 6.54. The van der Waals surface area contributed by atoms with E-state index in [4.69, 9.17) is 4.74 Å². The van der Waals surface area contributed by atoms with Crippen LogP contribution in [0.5, 0.6) is 0 Å². The number of ether oxygens (including phenoxy) is 1. The van der Waals surface area contributed by atoms with Gasteiger partial charge in [0, 0.05) is 24.5 Å². The molecule has 0 radical (unpaired) electrons. The molecule has 0 aliphatic carbocycles. The van der Waals surface area contributed by atoms with Gasteiger partial charge in [-0.3, -0.25) is 4.90 Å². The lowest BCUT2D eigenvalue weighted by Gasteiger charge is -2.30. The first-order valence-corrected chi connectivity index (χ1v) is 7.41. The molecule has 1 unspecified atom stereocenters. The van der Waals surface area contributed by atoms with Gasteiger partial charge in [-0.05, 0) is 44.2 Å². The van der Waals surface area contributed by atoms with Gasteiger partial charge in [-0.25, -0.2) is 0 Å². The molecule has 1 aliphatic heterocycles. The van der Waals surface area contributed by atoms with Crippen LogP contribution in [0, 0.1) is 0 Å². The van der Waals surface area contributed by atoms with Crippen molar-refractivity contribution in [2.45, 2.75) is 45.4 Å². The molecule has 0 bridgehead atoms. The Labute approximate surface area is 113 Å². The first-order chi connectivity index (χ1) is 8.44. The zero-order chi connectivity index (χ0) is 13.2. The Morgan fingerprint density at radius 3 is 3.00 bits per heavy atom.